The summed E-state index contributed by atoms with van der Waals surface area (Å²) in [4.78, 5) is 28.9. The smallest absolute Gasteiger partial charge is 0.282 e. The molecule has 3 aromatic rings. The summed E-state index contributed by atoms with van der Waals surface area (Å²) in [6.45, 7) is 6.31. The molecule has 5 nitrogen and oxygen atoms in total. The quantitative estimate of drug-likeness (QED) is 0.562. The minimum Gasteiger partial charge on any atom is -0.492 e. The molecular weight excluding hydrogens is 396 g/mol. The number of aryl methyl sites for hydroxylation is 1. The Labute approximate surface area is 179 Å². The summed E-state index contributed by atoms with van der Waals surface area (Å²) in [7, 11) is 0. The van der Waals surface area contributed by atoms with Gasteiger partial charge in [0, 0.05) is 10.6 Å². The van der Waals surface area contributed by atoms with Gasteiger partial charge in [0.25, 0.3) is 11.8 Å². The third-order valence-electron chi connectivity index (χ3n) is 5.12. The van der Waals surface area contributed by atoms with E-state index in [-0.39, 0.29) is 11.6 Å². The normalized spacial score (nSPS) is 13.9. The minimum absolute atomic E-state index is 0.280. The number of nitrogens with zero attached hydrogens (tertiary/aromatic N) is 1. The predicted octanol–water partition coefficient (Wildman–Crippen LogP) is 5.16. The molecule has 0 spiro atoms. The third kappa shape index (κ3) is 3.39. The molecule has 0 bridgehead atoms. The molecule has 0 atom stereocenters. The van der Waals surface area contributed by atoms with Crippen molar-refractivity contribution in [2.45, 2.75) is 20.8 Å². The topological polar surface area (TPSA) is 58.6 Å². The lowest BCUT2D eigenvalue weighted by Crippen LogP contribution is -2.32. The second kappa shape index (κ2) is 8.16. The highest BCUT2D eigenvalue weighted by atomic mass is 32.1. The number of hydrogen-bond donors (Lipinski definition) is 1. The molecule has 1 N–H and O–H groups in total. The average molecular weight is 419 g/mol. The maximum atomic E-state index is 13.5. The van der Waals surface area contributed by atoms with E-state index in [9.17, 15) is 9.59 Å². The fourth-order valence-electron chi connectivity index (χ4n) is 3.45. The fraction of sp³-hybridized carbons (Fsp3) is 0.167. The van der Waals surface area contributed by atoms with Gasteiger partial charge in [-0.05, 0) is 61.5 Å². The fourth-order valence-corrected chi connectivity index (χ4v) is 4.22. The van der Waals surface area contributed by atoms with Crippen LogP contribution in [0.15, 0.2) is 65.7 Å². The molecule has 0 unspecified atom stereocenters. The van der Waals surface area contributed by atoms with Gasteiger partial charge in [0.1, 0.15) is 11.4 Å². The molecule has 0 aliphatic carbocycles. The molecular formula is C24H22N2O3S. The molecule has 2 amide bonds. The van der Waals surface area contributed by atoms with E-state index in [1.165, 1.54) is 16.2 Å². The van der Waals surface area contributed by atoms with Crippen LogP contribution in [0, 0.1) is 13.8 Å². The van der Waals surface area contributed by atoms with E-state index in [2.05, 4.69) is 5.32 Å². The Hall–Kier alpha value is -3.38. The summed E-state index contributed by atoms with van der Waals surface area (Å²) >= 11 is 1.43. The molecule has 6 heteroatoms. The Bertz CT molecular complexity index is 1150. The van der Waals surface area contributed by atoms with Gasteiger partial charge in [-0.2, -0.15) is 0 Å². The summed E-state index contributed by atoms with van der Waals surface area (Å²) < 4.78 is 5.68. The van der Waals surface area contributed by atoms with Crippen LogP contribution in [0.3, 0.4) is 0 Å². The van der Waals surface area contributed by atoms with Gasteiger partial charge >= 0.3 is 0 Å². The Morgan fingerprint density at radius 2 is 1.77 bits per heavy atom. The summed E-state index contributed by atoms with van der Waals surface area (Å²) in [5, 5.41) is 5.15. The first kappa shape index (κ1) is 19.9. The monoisotopic (exact) mass is 418 g/mol. The van der Waals surface area contributed by atoms with Crippen molar-refractivity contribution in [3.8, 4) is 5.75 Å². The van der Waals surface area contributed by atoms with Gasteiger partial charge in [-0.3, -0.25) is 9.59 Å². The van der Waals surface area contributed by atoms with Crippen molar-refractivity contribution in [1.82, 2.24) is 0 Å². The van der Waals surface area contributed by atoms with E-state index in [4.69, 9.17) is 4.74 Å². The highest BCUT2D eigenvalue weighted by molar-refractivity contribution is 7.11. The second-order valence-electron chi connectivity index (χ2n) is 6.95. The van der Waals surface area contributed by atoms with Gasteiger partial charge in [-0.15, -0.1) is 11.3 Å². The molecule has 4 rings (SSSR count). The maximum Gasteiger partial charge on any atom is 0.282 e. The summed E-state index contributed by atoms with van der Waals surface area (Å²) in [6, 6.07) is 16.7. The van der Waals surface area contributed by atoms with E-state index in [0.29, 0.717) is 23.6 Å². The number of carbonyl (C=O) groups is 2. The van der Waals surface area contributed by atoms with E-state index in [1.54, 1.807) is 18.2 Å². The highest BCUT2D eigenvalue weighted by Gasteiger charge is 2.41. The van der Waals surface area contributed by atoms with E-state index >= 15 is 0 Å². The Morgan fingerprint density at radius 1 is 0.967 bits per heavy atom. The van der Waals surface area contributed by atoms with Crippen LogP contribution in [0.25, 0.3) is 5.57 Å². The lowest BCUT2D eigenvalue weighted by atomic mass is 10.1. The van der Waals surface area contributed by atoms with E-state index in [1.807, 2.05) is 62.5 Å². The van der Waals surface area contributed by atoms with Crippen molar-refractivity contribution in [3.05, 3.63) is 81.7 Å². The lowest BCUT2D eigenvalue weighted by Gasteiger charge is -2.19. The molecule has 0 saturated carbocycles. The Balaban J connectivity index is 1.83. The van der Waals surface area contributed by atoms with Crippen LogP contribution in [0.4, 0.5) is 11.4 Å². The van der Waals surface area contributed by atoms with Crippen molar-refractivity contribution < 1.29 is 14.3 Å². The first-order valence-electron chi connectivity index (χ1n) is 9.75. The van der Waals surface area contributed by atoms with Gasteiger partial charge in [0.15, 0.2) is 0 Å². The van der Waals surface area contributed by atoms with Crippen molar-refractivity contribution >= 4 is 40.1 Å². The molecule has 152 valence electrons. The number of thiophene rings is 1. The molecule has 30 heavy (non-hydrogen) atoms. The van der Waals surface area contributed by atoms with Crippen LogP contribution < -0.4 is 15.0 Å². The van der Waals surface area contributed by atoms with E-state index in [0.717, 1.165) is 21.7 Å². The number of nitrogens with one attached hydrogen (secondary N) is 1. The van der Waals surface area contributed by atoms with Crippen LogP contribution in [0.5, 0.6) is 5.75 Å². The van der Waals surface area contributed by atoms with Crippen molar-refractivity contribution in [3.63, 3.8) is 0 Å². The molecule has 0 radical (unpaired) electrons. The number of amides is 2. The molecule has 2 aromatic carbocycles. The first-order chi connectivity index (χ1) is 14.5. The summed E-state index contributed by atoms with van der Waals surface area (Å²) in [5.74, 6) is -0.251. The van der Waals surface area contributed by atoms with Gasteiger partial charge in [-0.1, -0.05) is 30.3 Å². The third-order valence-corrected chi connectivity index (χ3v) is 6.01. The van der Waals surface area contributed by atoms with Crippen molar-refractivity contribution in [1.29, 1.82) is 0 Å². The summed E-state index contributed by atoms with van der Waals surface area (Å²) in [6.07, 6.45) is 0. The standard InChI is InChI=1S/C24H22N2O3S/c1-4-29-19-12-6-5-11-18(19)26-23(27)21(20-13-8-14-30-20)22(24(26)28)25-17-10-7-9-15(2)16(17)3/h5-14,25H,4H2,1-3H3. The second-order valence-corrected chi connectivity index (χ2v) is 7.89. The first-order valence-corrected chi connectivity index (χ1v) is 10.6. The van der Waals surface area contributed by atoms with Gasteiger partial charge in [0.2, 0.25) is 0 Å². The predicted molar refractivity (Wildman–Crippen MR) is 121 cm³/mol. The number of ether oxygens (including phenoxy) is 1. The number of benzene rings is 2. The van der Waals surface area contributed by atoms with Gasteiger partial charge in [-0.25, -0.2) is 4.90 Å². The van der Waals surface area contributed by atoms with Crippen molar-refractivity contribution in [2.24, 2.45) is 0 Å². The van der Waals surface area contributed by atoms with Crippen LogP contribution >= 0.6 is 11.3 Å². The van der Waals surface area contributed by atoms with Crippen LogP contribution in [-0.4, -0.2) is 18.4 Å². The Kier molecular flexibility index (Phi) is 5.42. The number of rotatable bonds is 6. The van der Waals surface area contributed by atoms with Gasteiger partial charge in [0.05, 0.1) is 17.9 Å². The van der Waals surface area contributed by atoms with Crippen LogP contribution in [0.1, 0.15) is 22.9 Å². The molecule has 1 aliphatic heterocycles. The zero-order chi connectivity index (χ0) is 21.3. The maximum absolute atomic E-state index is 13.5. The minimum atomic E-state index is -0.392. The molecule has 2 heterocycles. The van der Waals surface area contributed by atoms with Crippen LogP contribution in [-0.2, 0) is 9.59 Å². The zero-order valence-electron chi connectivity index (χ0n) is 17.1. The largest absolute Gasteiger partial charge is 0.492 e. The molecule has 0 fully saturated rings. The lowest BCUT2D eigenvalue weighted by molar-refractivity contribution is -0.120. The number of anilines is 2. The zero-order valence-corrected chi connectivity index (χ0v) is 17.9. The molecule has 1 aromatic heterocycles. The SMILES string of the molecule is CCOc1ccccc1N1C(=O)C(Nc2cccc(C)c2C)=C(c2cccs2)C1=O. The number of carbonyl (C=O) groups excluding carboxylic acids is 2. The van der Waals surface area contributed by atoms with Crippen molar-refractivity contribution in [2.75, 3.05) is 16.8 Å². The average Bonchev–Trinajstić information content (AvgIpc) is 3.33. The molecule has 1 aliphatic rings. The number of hydrogen-bond acceptors (Lipinski definition) is 5. The highest BCUT2D eigenvalue weighted by Crippen LogP contribution is 2.39. The van der Waals surface area contributed by atoms with Gasteiger partial charge < -0.3 is 10.1 Å². The molecule has 0 saturated heterocycles. The Morgan fingerprint density at radius 3 is 2.50 bits per heavy atom. The van der Waals surface area contributed by atoms with Crippen LogP contribution in [0.2, 0.25) is 0 Å². The summed E-state index contributed by atoms with van der Waals surface area (Å²) in [5.41, 5.74) is 4.04. The van der Waals surface area contributed by atoms with E-state index < -0.39 is 5.91 Å². The number of imide groups is 1. The number of para-hydroxylation sites is 2.